The molecule has 5 rings (SSSR count). The second-order valence-electron chi connectivity index (χ2n) is 9.68. The highest BCUT2D eigenvalue weighted by molar-refractivity contribution is 5.84. The van der Waals surface area contributed by atoms with E-state index in [0.717, 1.165) is 16.7 Å². The molecule has 6 nitrogen and oxygen atoms in total. The van der Waals surface area contributed by atoms with E-state index >= 15 is 0 Å². The number of aryl methyl sites for hydroxylation is 1. The van der Waals surface area contributed by atoms with E-state index in [2.05, 4.69) is 0 Å². The van der Waals surface area contributed by atoms with Gasteiger partial charge in [-0.05, 0) is 60.0 Å². The van der Waals surface area contributed by atoms with Crippen LogP contribution >= 0.6 is 0 Å². The van der Waals surface area contributed by atoms with Crippen LogP contribution in [0.25, 0.3) is 23.3 Å². The molecule has 42 heavy (non-hydrogen) atoms. The second kappa shape index (κ2) is 13.0. The van der Waals surface area contributed by atoms with E-state index in [1.807, 2.05) is 73.7 Å². The first kappa shape index (κ1) is 28.4. The lowest BCUT2D eigenvalue weighted by atomic mass is 9.97. The van der Waals surface area contributed by atoms with Gasteiger partial charge in [-0.25, -0.2) is 9.07 Å². The van der Waals surface area contributed by atoms with Crippen molar-refractivity contribution in [1.29, 1.82) is 0 Å². The molecule has 0 aliphatic heterocycles. The van der Waals surface area contributed by atoms with Crippen LogP contribution in [0.15, 0.2) is 102 Å². The number of hydrogen-bond donors (Lipinski definition) is 0. The predicted molar refractivity (Wildman–Crippen MR) is 163 cm³/mol. The summed E-state index contributed by atoms with van der Waals surface area (Å²) in [4.78, 5) is 14.1. The molecule has 0 bridgehead atoms. The Morgan fingerprint density at radius 1 is 0.786 bits per heavy atom. The van der Waals surface area contributed by atoms with E-state index in [1.54, 1.807) is 44.6 Å². The molecule has 0 unspecified atom stereocenters. The van der Waals surface area contributed by atoms with Gasteiger partial charge in [0.25, 0.3) is 5.56 Å². The fourth-order valence-corrected chi connectivity index (χ4v) is 4.80. The molecule has 0 saturated carbocycles. The normalized spacial score (nSPS) is 11.0. The highest BCUT2D eigenvalue weighted by Crippen LogP contribution is 2.34. The molecule has 0 saturated heterocycles. The van der Waals surface area contributed by atoms with Crippen LogP contribution in [-0.2, 0) is 13.2 Å². The molecule has 1 aromatic heterocycles. The van der Waals surface area contributed by atoms with Gasteiger partial charge in [-0.2, -0.15) is 5.10 Å². The average molecular weight is 563 g/mol. The number of para-hydroxylation sites is 1. The van der Waals surface area contributed by atoms with Crippen LogP contribution in [0.2, 0.25) is 0 Å². The number of benzene rings is 4. The van der Waals surface area contributed by atoms with Gasteiger partial charge < -0.3 is 14.2 Å². The Labute approximate surface area is 244 Å². The van der Waals surface area contributed by atoms with Crippen LogP contribution in [0, 0.1) is 12.7 Å². The minimum Gasteiger partial charge on any atom is -0.493 e. The number of halogens is 1. The summed E-state index contributed by atoms with van der Waals surface area (Å²) in [5.41, 5.74) is 4.64. The van der Waals surface area contributed by atoms with Gasteiger partial charge in [-0.3, -0.25) is 4.79 Å². The quantitative estimate of drug-likeness (QED) is 0.181. The summed E-state index contributed by atoms with van der Waals surface area (Å²) >= 11 is 0. The second-order valence-corrected chi connectivity index (χ2v) is 9.68. The van der Waals surface area contributed by atoms with Crippen LogP contribution in [0.3, 0.4) is 0 Å². The van der Waals surface area contributed by atoms with Crippen molar-refractivity contribution in [3.63, 3.8) is 0 Å². The summed E-state index contributed by atoms with van der Waals surface area (Å²) in [6.07, 6.45) is 3.46. The fourth-order valence-electron chi connectivity index (χ4n) is 4.80. The minimum absolute atomic E-state index is 0.216. The number of rotatable bonds is 10. The molecule has 0 atom stereocenters. The zero-order valence-electron chi connectivity index (χ0n) is 23.7. The predicted octanol–water partition coefficient (Wildman–Crippen LogP) is 7.17. The maximum absolute atomic E-state index is 14.1. The zero-order valence-corrected chi connectivity index (χ0v) is 23.7. The van der Waals surface area contributed by atoms with Crippen molar-refractivity contribution in [2.24, 2.45) is 0 Å². The first-order valence-electron chi connectivity index (χ1n) is 13.5. The molecule has 0 aliphatic rings. The van der Waals surface area contributed by atoms with Crippen LogP contribution < -0.4 is 19.8 Å². The lowest BCUT2D eigenvalue weighted by molar-refractivity contribution is 0.307. The maximum Gasteiger partial charge on any atom is 0.274 e. The molecule has 0 amide bonds. The molecule has 5 aromatic rings. The first-order chi connectivity index (χ1) is 20.5. The summed E-state index contributed by atoms with van der Waals surface area (Å²) in [5, 5.41) is 4.71. The van der Waals surface area contributed by atoms with E-state index in [1.165, 1.54) is 16.8 Å². The molecule has 0 fully saturated rings. The van der Waals surface area contributed by atoms with Gasteiger partial charge in [0.1, 0.15) is 18.2 Å². The maximum atomic E-state index is 14.1. The van der Waals surface area contributed by atoms with E-state index in [-0.39, 0.29) is 17.9 Å². The molecule has 0 radical (unpaired) electrons. The zero-order chi connectivity index (χ0) is 29.5. The number of hydrogen-bond acceptors (Lipinski definition) is 5. The van der Waals surface area contributed by atoms with Crippen LogP contribution in [-0.4, -0.2) is 24.0 Å². The Hall–Kier alpha value is -5.17. The number of aromatic nitrogens is 2. The summed E-state index contributed by atoms with van der Waals surface area (Å²) < 4.78 is 32.4. The van der Waals surface area contributed by atoms with Gasteiger partial charge in [0.15, 0.2) is 11.5 Å². The Morgan fingerprint density at radius 3 is 2.31 bits per heavy atom. The molecule has 0 spiro atoms. The van der Waals surface area contributed by atoms with Crippen molar-refractivity contribution in [1.82, 2.24) is 9.78 Å². The monoisotopic (exact) mass is 562 g/mol. The third-order valence-corrected chi connectivity index (χ3v) is 6.83. The number of nitrogens with zero attached hydrogens (tertiary/aromatic N) is 2. The molecule has 0 N–H and O–H groups in total. The van der Waals surface area contributed by atoms with Crippen molar-refractivity contribution in [3.8, 4) is 28.4 Å². The minimum atomic E-state index is -0.353. The summed E-state index contributed by atoms with van der Waals surface area (Å²) in [6, 6.07) is 29.2. The van der Waals surface area contributed by atoms with Crippen molar-refractivity contribution >= 4 is 12.2 Å². The third-order valence-electron chi connectivity index (χ3n) is 6.83. The smallest absolute Gasteiger partial charge is 0.274 e. The van der Waals surface area contributed by atoms with Crippen LogP contribution in [0.1, 0.15) is 27.9 Å². The van der Waals surface area contributed by atoms with Crippen molar-refractivity contribution in [3.05, 3.63) is 141 Å². The van der Waals surface area contributed by atoms with Gasteiger partial charge in [0.2, 0.25) is 0 Å². The number of ether oxygens (including phenoxy) is 3. The molecular weight excluding hydrogens is 531 g/mol. The summed E-state index contributed by atoms with van der Waals surface area (Å²) in [6.45, 7) is 2.45. The molecule has 212 valence electrons. The number of methoxy groups -OCH3 is 2. The van der Waals surface area contributed by atoms with Crippen LogP contribution in [0.5, 0.6) is 17.2 Å². The fraction of sp³-hybridized carbons (Fsp3) is 0.143. The molecule has 7 heteroatoms. The Kier molecular flexibility index (Phi) is 8.78. The van der Waals surface area contributed by atoms with Gasteiger partial charge in [-0.15, -0.1) is 0 Å². The van der Waals surface area contributed by atoms with Crippen molar-refractivity contribution < 1.29 is 18.6 Å². The molecule has 4 aromatic carbocycles. The first-order valence-corrected chi connectivity index (χ1v) is 13.5. The van der Waals surface area contributed by atoms with Crippen LogP contribution in [0.4, 0.5) is 4.39 Å². The van der Waals surface area contributed by atoms with Gasteiger partial charge >= 0.3 is 0 Å². The summed E-state index contributed by atoms with van der Waals surface area (Å²) in [7, 11) is 3.14. The highest BCUT2D eigenvalue weighted by Gasteiger charge is 2.19. The standard InChI is InChI=1S/C35H31FN2O4/c1-24-34(29-14-7-8-15-31(29)42-23-26-10-5-4-6-11-26)30(18-16-25-12-9-13-28(36)20-25)35(39)38(37-24)22-27-17-19-32(40-2)33(21-27)41-3/h4-21H,22-23H2,1-3H3/b18-16+. The van der Waals surface area contributed by atoms with Gasteiger partial charge in [-0.1, -0.05) is 72.8 Å². The Morgan fingerprint density at radius 2 is 1.55 bits per heavy atom. The van der Waals surface area contributed by atoms with Crippen molar-refractivity contribution in [2.75, 3.05) is 14.2 Å². The third kappa shape index (κ3) is 6.41. The SMILES string of the molecule is COc1ccc(Cn2nc(C)c(-c3ccccc3OCc3ccccc3)c(/C=C/c3cccc(F)c3)c2=O)cc1OC. The van der Waals surface area contributed by atoms with E-state index < -0.39 is 0 Å². The average Bonchev–Trinajstić information content (AvgIpc) is 3.01. The largest absolute Gasteiger partial charge is 0.493 e. The highest BCUT2D eigenvalue weighted by atomic mass is 19.1. The molecule has 0 aliphatic carbocycles. The van der Waals surface area contributed by atoms with E-state index in [9.17, 15) is 9.18 Å². The Balaban J connectivity index is 1.61. The van der Waals surface area contributed by atoms with E-state index in [4.69, 9.17) is 19.3 Å². The van der Waals surface area contributed by atoms with Crippen molar-refractivity contribution in [2.45, 2.75) is 20.1 Å². The van der Waals surface area contributed by atoms with E-state index in [0.29, 0.717) is 46.2 Å². The topological polar surface area (TPSA) is 62.6 Å². The lowest BCUT2D eigenvalue weighted by Gasteiger charge is -2.17. The lowest BCUT2D eigenvalue weighted by Crippen LogP contribution is -2.27. The summed E-state index contributed by atoms with van der Waals surface area (Å²) in [5.74, 6) is 1.43. The molecule has 1 heterocycles. The van der Waals surface area contributed by atoms with Gasteiger partial charge in [0.05, 0.1) is 32.0 Å². The van der Waals surface area contributed by atoms with Gasteiger partial charge in [0, 0.05) is 11.1 Å². The Bertz CT molecular complexity index is 1780. The molecular formula is C35H31FN2O4.